The molecule has 0 unspecified atom stereocenters. The summed E-state index contributed by atoms with van der Waals surface area (Å²) < 4.78 is 0. The largest absolute Gasteiger partial charge is 0.365 e. The van der Waals surface area contributed by atoms with Crippen LogP contribution in [-0.4, -0.2) is 16.0 Å². The molecule has 3 nitrogen and oxygen atoms in total. The third kappa shape index (κ3) is 1.23. The van der Waals surface area contributed by atoms with E-state index in [1.165, 1.54) is 12.8 Å². The molecule has 1 aliphatic carbocycles. The van der Waals surface area contributed by atoms with Gasteiger partial charge in [0, 0.05) is 18.4 Å². The third-order valence-corrected chi connectivity index (χ3v) is 1.43. The van der Waals surface area contributed by atoms with E-state index >= 15 is 0 Å². The highest BCUT2D eigenvalue weighted by Gasteiger charge is 2.20. The molecule has 1 aromatic heterocycles. The number of hydrogen-bond donors (Lipinski definition) is 1. The Labute approximate surface area is 59.5 Å². The molecule has 51 valence electrons. The van der Waals surface area contributed by atoms with Gasteiger partial charge in [0.2, 0.25) is 0 Å². The lowest BCUT2D eigenvalue weighted by Gasteiger charge is -1.98. The van der Waals surface area contributed by atoms with Gasteiger partial charge in [0.25, 0.3) is 0 Å². The summed E-state index contributed by atoms with van der Waals surface area (Å²) in [5.41, 5.74) is 0. The van der Waals surface area contributed by atoms with Crippen LogP contribution in [0.2, 0.25) is 0 Å². The quantitative estimate of drug-likeness (QED) is 0.651. The van der Waals surface area contributed by atoms with Crippen LogP contribution in [0.1, 0.15) is 12.8 Å². The van der Waals surface area contributed by atoms with E-state index in [-0.39, 0.29) is 0 Å². The summed E-state index contributed by atoms with van der Waals surface area (Å²) in [6.07, 6.45) is 8.57. The van der Waals surface area contributed by atoms with Crippen LogP contribution >= 0.6 is 0 Å². The Balaban J connectivity index is 2.03. The van der Waals surface area contributed by atoms with E-state index in [0.717, 1.165) is 5.82 Å². The number of nitrogens with zero attached hydrogens (tertiary/aromatic N) is 2. The maximum absolute atomic E-state index is 4.03. The summed E-state index contributed by atoms with van der Waals surface area (Å²) in [5.74, 6) is 0.769. The van der Waals surface area contributed by atoms with Crippen molar-refractivity contribution in [2.45, 2.75) is 18.9 Å². The van der Waals surface area contributed by atoms with Gasteiger partial charge in [-0.1, -0.05) is 0 Å². The lowest BCUT2D eigenvalue weighted by molar-refractivity contribution is 1.08. The molecule has 1 saturated carbocycles. The standard InChI is InChI=1S/C7H8N3/c1-2-6(1)10-7-5-8-3-4-9-7/h3-4,6H,1-2H2,(H,9,10). The van der Waals surface area contributed by atoms with Crippen LogP contribution in [0, 0.1) is 6.20 Å². The molecule has 1 aliphatic rings. The second-order valence-electron chi connectivity index (χ2n) is 2.44. The average Bonchev–Trinajstić information content (AvgIpc) is 2.74. The van der Waals surface area contributed by atoms with E-state index < -0.39 is 0 Å². The second kappa shape index (κ2) is 2.25. The van der Waals surface area contributed by atoms with Crippen molar-refractivity contribution in [3.05, 3.63) is 18.6 Å². The van der Waals surface area contributed by atoms with Gasteiger partial charge in [-0.25, -0.2) is 9.97 Å². The van der Waals surface area contributed by atoms with Crippen LogP contribution in [0.25, 0.3) is 0 Å². The van der Waals surface area contributed by atoms with Crippen LogP contribution in [0.15, 0.2) is 12.4 Å². The molecule has 0 saturated heterocycles. The Morgan fingerprint density at radius 1 is 1.50 bits per heavy atom. The summed E-state index contributed by atoms with van der Waals surface area (Å²) in [6, 6.07) is 0.632. The van der Waals surface area contributed by atoms with Gasteiger partial charge in [-0.05, 0) is 12.8 Å². The van der Waals surface area contributed by atoms with E-state index in [9.17, 15) is 0 Å². The van der Waals surface area contributed by atoms with Gasteiger partial charge < -0.3 is 5.32 Å². The molecule has 1 fully saturated rings. The first-order valence-electron chi connectivity index (χ1n) is 3.40. The molecule has 10 heavy (non-hydrogen) atoms. The van der Waals surface area contributed by atoms with Crippen molar-refractivity contribution in [3.63, 3.8) is 0 Å². The van der Waals surface area contributed by atoms with Crippen molar-refractivity contribution >= 4 is 5.82 Å². The lowest BCUT2D eigenvalue weighted by atomic mass is 10.6. The summed E-state index contributed by atoms with van der Waals surface area (Å²) in [4.78, 5) is 7.85. The van der Waals surface area contributed by atoms with Crippen LogP contribution in [0.3, 0.4) is 0 Å². The molecule has 0 aromatic carbocycles. The molecular weight excluding hydrogens is 126 g/mol. The summed E-state index contributed by atoms with van der Waals surface area (Å²) in [5, 5.41) is 3.19. The number of hydrogen-bond acceptors (Lipinski definition) is 3. The first-order chi connectivity index (χ1) is 4.95. The fraction of sp³-hybridized carbons (Fsp3) is 0.429. The van der Waals surface area contributed by atoms with Gasteiger partial charge in [0.1, 0.15) is 6.20 Å². The van der Waals surface area contributed by atoms with Crippen molar-refractivity contribution in [3.8, 4) is 0 Å². The highest BCUT2D eigenvalue weighted by Crippen LogP contribution is 2.22. The van der Waals surface area contributed by atoms with Gasteiger partial charge in [-0.15, -0.1) is 0 Å². The normalized spacial score (nSPS) is 16.8. The molecule has 0 aliphatic heterocycles. The van der Waals surface area contributed by atoms with Gasteiger partial charge in [-0.2, -0.15) is 0 Å². The highest BCUT2D eigenvalue weighted by molar-refractivity contribution is 5.31. The summed E-state index contributed by atoms with van der Waals surface area (Å²) in [6.45, 7) is 0. The van der Waals surface area contributed by atoms with Gasteiger partial charge in [-0.3, -0.25) is 0 Å². The van der Waals surface area contributed by atoms with Crippen LogP contribution in [0.5, 0.6) is 0 Å². The SMILES string of the molecule is [c]1nccnc1NC1CC1. The van der Waals surface area contributed by atoms with Crippen molar-refractivity contribution in [1.82, 2.24) is 9.97 Å². The molecule has 1 radical (unpaired) electrons. The smallest absolute Gasteiger partial charge is 0.154 e. The van der Waals surface area contributed by atoms with Gasteiger partial charge >= 0.3 is 0 Å². The molecule has 0 spiro atoms. The maximum Gasteiger partial charge on any atom is 0.154 e. The van der Waals surface area contributed by atoms with Crippen molar-refractivity contribution in [1.29, 1.82) is 0 Å². The molecule has 1 heterocycles. The van der Waals surface area contributed by atoms with Crippen LogP contribution in [0.4, 0.5) is 5.82 Å². The predicted molar refractivity (Wildman–Crippen MR) is 37.5 cm³/mol. The molecular formula is C7H8N3. The number of rotatable bonds is 2. The minimum absolute atomic E-state index is 0.632. The van der Waals surface area contributed by atoms with Crippen molar-refractivity contribution in [2.75, 3.05) is 5.32 Å². The monoisotopic (exact) mass is 134 g/mol. The average molecular weight is 134 g/mol. The number of nitrogens with one attached hydrogen (secondary N) is 1. The van der Waals surface area contributed by atoms with E-state index in [1.54, 1.807) is 12.4 Å². The zero-order valence-corrected chi connectivity index (χ0v) is 5.54. The van der Waals surface area contributed by atoms with E-state index in [4.69, 9.17) is 0 Å². The zero-order chi connectivity index (χ0) is 6.81. The number of anilines is 1. The first-order valence-corrected chi connectivity index (χ1v) is 3.40. The van der Waals surface area contributed by atoms with Gasteiger partial charge in [0.15, 0.2) is 5.82 Å². The zero-order valence-electron chi connectivity index (χ0n) is 5.54. The van der Waals surface area contributed by atoms with E-state index in [2.05, 4.69) is 21.5 Å². The predicted octanol–water partition coefficient (Wildman–Crippen LogP) is 0.851. The highest BCUT2D eigenvalue weighted by atomic mass is 15.0. The second-order valence-corrected chi connectivity index (χ2v) is 2.44. The van der Waals surface area contributed by atoms with E-state index in [0.29, 0.717) is 6.04 Å². The van der Waals surface area contributed by atoms with Crippen LogP contribution < -0.4 is 5.32 Å². The Morgan fingerprint density at radius 3 is 3.00 bits per heavy atom. The fourth-order valence-corrected chi connectivity index (χ4v) is 0.759. The molecule has 0 bridgehead atoms. The van der Waals surface area contributed by atoms with Crippen LogP contribution in [-0.2, 0) is 0 Å². The molecule has 3 heteroatoms. The van der Waals surface area contributed by atoms with E-state index in [1.807, 2.05) is 0 Å². The van der Waals surface area contributed by atoms with Crippen molar-refractivity contribution in [2.24, 2.45) is 0 Å². The van der Waals surface area contributed by atoms with Crippen molar-refractivity contribution < 1.29 is 0 Å². The number of aromatic nitrogens is 2. The maximum atomic E-state index is 4.03. The molecule has 0 atom stereocenters. The minimum atomic E-state index is 0.632. The summed E-state index contributed by atoms with van der Waals surface area (Å²) >= 11 is 0. The Kier molecular flexibility index (Phi) is 1.27. The minimum Gasteiger partial charge on any atom is -0.365 e. The van der Waals surface area contributed by atoms with Gasteiger partial charge in [0.05, 0.1) is 0 Å². The third-order valence-electron chi connectivity index (χ3n) is 1.43. The fourth-order valence-electron chi connectivity index (χ4n) is 0.759. The lowest BCUT2D eigenvalue weighted by Crippen LogP contribution is -2.02. The molecule has 0 amide bonds. The topological polar surface area (TPSA) is 37.8 Å². The molecule has 1 N–H and O–H groups in total. The molecule has 2 rings (SSSR count). The Hall–Kier alpha value is -1.12. The summed E-state index contributed by atoms with van der Waals surface area (Å²) in [7, 11) is 0. The molecule has 1 aromatic rings. The Morgan fingerprint density at radius 2 is 2.40 bits per heavy atom. The Bertz CT molecular complexity index is 205. The first kappa shape index (κ1) is 5.65.